The lowest BCUT2D eigenvalue weighted by Crippen LogP contribution is -2.60. The molecule has 0 spiro atoms. The molecule has 1 N–H and O–H groups in total. The van der Waals surface area contributed by atoms with Crippen molar-refractivity contribution in [2.24, 2.45) is 7.05 Å². The summed E-state index contributed by atoms with van der Waals surface area (Å²) in [7, 11) is 1.97. The molecule has 0 radical (unpaired) electrons. The van der Waals surface area contributed by atoms with Crippen LogP contribution in [-0.2, 0) is 12.6 Å². The number of nitrogens with zero attached hydrogens (tertiary/aromatic N) is 3. The molecule has 1 aliphatic heterocycles. The zero-order valence-corrected chi connectivity index (χ0v) is 12.4. The molecule has 2 heterocycles. The van der Waals surface area contributed by atoms with E-state index in [1.54, 1.807) is 0 Å². The van der Waals surface area contributed by atoms with Gasteiger partial charge in [0.05, 0.1) is 5.54 Å². The highest BCUT2D eigenvalue weighted by atomic mass is 15.4. The molecule has 2 unspecified atom stereocenters. The number of aryl methyl sites for hydroxylation is 1. The lowest BCUT2D eigenvalue weighted by Gasteiger charge is -2.45. The van der Waals surface area contributed by atoms with Crippen LogP contribution in [0, 0.1) is 0 Å². The minimum absolute atomic E-state index is 0.0364. The van der Waals surface area contributed by atoms with Gasteiger partial charge in [0, 0.05) is 38.4 Å². The first-order valence-corrected chi connectivity index (χ1v) is 7.15. The van der Waals surface area contributed by atoms with E-state index in [2.05, 4.69) is 65.6 Å². The number of anilines is 1. The normalized spacial score (nSPS) is 26.8. The van der Waals surface area contributed by atoms with Gasteiger partial charge in [-0.1, -0.05) is 30.3 Å². The van der Waals surface area contributed by atoms with Gasteiger partial charge in [0.2, 0.25) is 0 Å². The molecular weight excluding hydrogens is 248 g/mol. The number of nitrogens with one attached hydrogen (secondary N) is 1. The van der Waals surface area contributed by atoms with Crippen molar-refractivity contribution in [2.75, 3.05) is 18.0 Å². The first kappa shape index (κ1) is 13.2. The minimum Gasteiger partial charge on any atom is -0.349 e. The molecule has 0 aliphatic carbocycles. The summed E-state index contributed by atoms with van der Waals surface area (Å²) >= 11 is 0. The van der Waals surface area contributed by atoms with Crippen LogP contribution in [0.25, 0.3) is 0 Å². The van der Waals surface area contributed by atoms with Crippen LogP contribution in [0.4, 0.5) is 5.82 Å². The molecule has 0 amide bonds. The maximum absolute atomic E-state index is 4.56. The second-order valence-electron chi connectivity index (χ2n) is 5.90. The van der Waals surface area contributed by atoms with Crippen molar-refractivity contribution in [1.82, 2.24) is 15.1 Å². The molecule has 1 fully saturated rings. The molecule has 0 saturated carbocycles. The molecule has 20 heavy (non-hydrogen) atoms. The molecule has 1 aromatic heterocycles. The van der Waals surface area contributed by atoms with E-state index < -0.39 is 0 Å². The molecule has 106 valence electrons. The summed E-state index contributed by atoms with van der Waals surface area (Å²) in [5, 5.41) is 8.25. The second-order valence-corrected chi connectivity index (χ2v) is 5.90. The molecule has 4 nitrogen and oxygen atoms in total. The largest absolute Gasteiger partial charge is 0.349 e. The van der Waals surface area contributed by atoms with Crippen molar-refractivity contribution in [3.8, 4) is 0 Å². The van der Waals surface area contributed by atoms with Crippen molar-refractivity contribution in [3.05, 3.63) is 48.2 Å². The van der Waals surface area contributed by atoms with E-state index >= 15 is 0 Å². The van der Waals surface area contributed by atoms with Crippen LogP contribution in [0.5, 0.6) is 0 Å². The summed E-state index contributed by atoms with van der Waals surface area (Å²) in [6, 6.07) is 13.2. The lowest BCUT2D eigenvalue weighted by atomic mass is 9.88. The van der Waals surface area contributed by atoms with E-state index in [1.807, 2.05) is 17.9 Å². The van der Waals surface area contributed by atoms with Gasteiger partial charge in [-0.25, -0.2) is 0 Å². The first-order valence-electron chi connectivity index (χ1n) is 7.15. The van der Waals surface area contributed by atoms with Gasteiger partial charge in [0.1, 0.15) is 0 Å². The molecular formula is C16H22N4. The highest BCUT2D eigenvalue weighted by Crippen LogP contribution is 2.28. The Kier molecular flexibility index (Phi) is 3.26. The Labute approximate surface area is 120 Å². The van der Waals surface area contributed by atoms with Crippen LogP contribution in [0.3, 0.4) is 0 Å². The van der Waals surface area contributed by atoms with Crippen molar-refractivity contribution < 1.29 is 0 Å². The first-order chi connectivity index (χ1) is 9.58. The van der Waals surface area contributed by atoms with E-state index in [0.29, 0.717) is 6.04 Å². The van der Waals surface area contributed by atoms with Gasteiger partial charge in [0.25, 0.3) is 0 Å². The van der Waals surface area contributed by atoms with Crippen LogP contribution in [0.2, 0.25) is 0 Å². The third-order valence-corrected chi connectivity index (χ3v) is 4.21. The fourth-order valence-electron chi connectivity index (χ4n) is 2.90. The molecule has 2 aromatic rings. The Balaban J connectivity index is 1.90. The smallest absolute Gasteiger partial charge is 0.150 e. The average Bonchev–Trinajstić information content (AvgIpc) is 2.89. The molecule has 0 bridgehead atoms. The number of rotatable bonds is 2. The maximum atomic E-state index is 4.56. The van der Waals surface area contributed by atoms with E-state index in [0.717, 1.165) is 18.9 Å². The zero-order chi connectivity index (χ0) is 14.2. The fourth-order valence-corrected chi connectivity index (χ4v) is 2.90. The van der Waals surface area contributed by atoms with Gasteiger partial charge in [-0.05, 0) is 19.4 Å². The Morgan fingerprint density at radius 1 is 1.25 bits per heavy atom. The van der Waals surface area contributed by atoms with Gasteiger partial charge < -0.3 is 10.2 Å². The summed E-state index contributed by atoms with van der Waals surface area (Å²) in [6.45, 7) is 6.40. The van der Waals surface area contributed by atoms with Gasteiger partial charge >= 0.3 is 0 Å². The summed E-state index contributed by atoms with van der Waals surface area (Å²) in [6.07, 6.45) is 2.00. The number of aromatic nitrogens is 2. The SMILES string of the molecule is CC1CNC(C)(c2ccccc2)CN1c1ccn(C)n1. The zero-order valence-electron chi connectivity index (χ0n) is 12.4. The van der Waals surface area contributed by atoms with Crippen LogP contribution in [0.15, 0.2) is 42.6 Å². The van der Waals surface area contributed by atoms with Crippen LogP contribution in [-0.4, -0.2) is 28.9 Å². The van der Waals surface area contributed by atoms with Crippen molar-refractivity contribution in [2.45, 2.75) is 25.4 Å². The highest BCUT2D eigenvalue weighted by Gasteiger charge is 2.36. The molecule has 2 atom stereocenters. The average molecular weight is 270 g/mol. The van der Waals surface area contributed by atoms with E-state index in [-0.39, 0.29) is 5.54 Å². The van der Waals surface area contributed by atoms with Crippen molar-refractivity contribution in [3.63, 3.8) is 0 Å². The molecule has 1 saturated heterocycles. The molecule has 1 aromatic carbocycles. The van der Waals surface area contributed by atoms with Crippen molar-refractivity contribution in [1.29, 1.82) is 0 Å². The van der Waals surface area contributed by atoms with E-state index in [1.165, 1.54) is 5.56 Å². The predicted molar refractivity (Wildman–Crippen MR) is 81.8 cm³/mol. The highest BCUT2D eigenvalue weighted by molar-refractivity contribution is 5.42. The molecule has 3 rings (SSSR count). The van der Waals surface area contributed by atoms with Crippen LogP contribution in [0.1, 0.15) is 19.4 Å². The predicted octanol–water partition coefficient (Wildman–Crippen LogP) is 2.13. The quantitative estimate of drug-likeness (QED) is 0.907. The number of hydrogen-bond acceptors (Lipinski definition) is 3. The van der Waals surface area contributed by atoms with E-state index in [9.17, 15) is 0 Å². The van der Waals surface area contributed by atoms with Gasteiger partial charge in [-0.15, -0.1) is 0 Å². The van der Waals surface area contributed by atoms with Gasteiger partial charge in [-0.3, -0.25) is 4.68 Å². The Morgan fingerprint density at radius 3 is 2.65 bits per heavy atom. The Bertz CT molecular complexity index is 577. The number of piperazine rings is 1. The lowest BCUT2D eigenvalue weighted by molar-refractivity contribution is 0.298. The molecule has 4 heteroatoms. The number of benzene rings is 1. The van der Waals surface area contributed by atoms with E-state index in [4.69, 9.17) is 0 Å². The van der Waals surface area contributed by atoms with Gasteiger partial charge in [-0.2, -0.15) is 5.10 Å². The summed E-state index contributed by atoms with van der Waals surface area (Å²) in [5.74, 6) is 1.06. The Morgan fingerprint density at radius 2 is 2.00 bits per heavy atom. The van der Waals surface area contributed by atoms with Crippen LogP contribution < -0.4 is 10.2 Å². The summed E-state index contributed by atoms with van der Waals surface area (Å²) in [5.41, 5.74) is 1.29. The summed E-state index contributed by atoms with van der Waals surface area (Å²) in [4.78, 5) is 2.39. The Hall–Kier alpha value is -1.81. The van der Waals surface area contributed by atoms with Crippen LogP contribution >= 0.6 is 0 Å². The maximum Gasteiger partial charge on any atom is 0.150 e. The molecule has 1 aliphatic rings. The topological polar surface area (TPSA) is 33.1 Å². The monoisotopic (exact) mass is 270 g/mol. The third-order valence-electron chi connectivity index (χ3n) is 4.21. The van der Waals surface area contributed by atoms with Gasteiger partial charge in [0.15, 0.2) is 5.82 Å². The standard InChI is InChI=1S/C16H22N4/c1-13-11-17-16(2,14-7-5-4-6-8-14)12-20(13)15-9-10-19(3)18-15/h4-10,13,17H,11-12H2,1-3H3. The number of hydrogen-bond donors (Lipinski definition) is 1. The third kappa shape index (κ3) is 2.31. The fraction of sp³-hybridized carbons (Fsp3) is 0.438. The second kappa shape index (κ2) is 4.94. The summed E-state index contributed by atoms with van der Waals surface area (Å²) < 4.78 is 1.87. The minimum atomic E-state index is -0.0364. The van der Waals surface area contributed by atoms with Crippen molar-refractivity contribution >= 4 is 5.82 Å².